The Balaban J connectivity index is 2.40. The van der Waals surface area contributed by atoms with Crippen LogP contribution in [0.25, 0.3) is 0 Å². The number of carbonyl (C=O) groups excluding carboxylic acids is 2. The number of aliphatic carboxylic acids is 1. The highest BCUT2D eigenvalue weighted by Gasteiger charge is 2.38. The van der Waals surface area contributed by atoms with Crippen molar-refractivity contribution in [3.63, 3.8) is 0 Å². The molecule has 0 radical (unpaired) electrons. The maximum absolute atomic E-state index is 13.7. The van der Waals surface area contributed by atoms with E-state index in [0.717, 1.165) is 14.9 Å². The highest BCUT2D eigenvalue weighted by molar-refractivity contribution is 9.10. The Kier molecular flexibility index (Phi) is 8.52. The molecule has 2 rings (SSSR count). The fraction of sp³-hybridized carbons (Fsp3) is 0.480. The number of nitrogens with one attached hydrogen (secondary N) is 1. The molecule has 0 spiro atoms. The molecule has 1 aromatic carbocycles. The van der Waals surface area contributed by atoms with Crippen molar-refractivity contribution in [3.8, 4) is 0 Å². The Hall–Kier alpha value is -2.19. The fourth-order valence-electron chi connectivity index (χ4n) is 3.53. The van der Waals surface area contributed by atoms with Gasteiger partial charge in [-0.2, -0.15) is 0 Å². The van der Waals surface area contributed by atoms with Gasteiger partial charge in [0.15, 0.2) is 0 Å². The van der Waals surface area contributed by atoms with E-state index >= 15 is 0 Å². The van der Waals surface area contributed by atoms with Gasteiger partial charge in [0.25, 0.3) is 5.91 Å². The molecule has 0 bridgehead atoms. The van der Waals surface area contributed by atoms with Gasteiger partial charge in [-0.15, -0.1) is 11.3 Å². The van der Waals surface area contributed by atoms with Crippen LogP contribution in [0.1, 0.15) is 68.6 Å². The Bertz CT molecular complexity index is 1000. The molecule has 6 nitrogen and oxygen atoms in total. The molecule has 1 aromatic heterocycles. The molecular weight excluding hydrogens is 504 g/mol. The zero-order chi connectivity index (χ0) is 25.1. The van der Waals surface area contributed by atoms with Crippen LogP contribution in [-0.2, 0) is 21.4 Å². The average molecular weight is 538 g/mol. The van der Waals surface area contributed by atoms with Crippen molar-refractivity contribution in [2.45, 2.75) is 77.9 Å². The van der Waals surface area contributed by atoms with Crippen molar-refractivity contribution in [1.82, 2.24) is 10.2 Å². The van der Waals surface area contributed by atoms with Crippen LogP contribution in [0.2, 0.25) is 0 Å². The zero-order valence-corrected chi connectivity index (χ0v) is 22.6. The van der Waals surface area contributed by atoms with E-state index in [4.69, 9.17) is 0 Å². The van der Waals surface area contributed by atoms with Crippen LogP contribution in [0.15, 0.2) is 40.9 Å². The van der Waals surface area contributed by atoms with Crippen molar-refractivity contribution in [2.75, 3.05) is 0 Å². The highest BCUT2D eigenvalue weighted by atomic mass is 79.9. The van der Waals surface area contributed by atoms with Crippen LogP contribution < -0.4 is 5.32 Å². The quantitative estimate of drug-likeness (QED) is 0.505. The van der Waals surface area contributed by atoms with Gasteiger partial charge in [0, 0.05) is 21.3 Å². The molecule has 0 saturated heterocycles. The number of rotatable bonds is 7. The van der Waals surface area contributed by atoms with Gasteiger partial charge >= 0.3 is 5.97 Å². The maximum Gasteiger partial charge on any atom is 0.326 e. The number of nitrogens with zero attached hydrogens (tertiary/aromatic N) is 1. The van der Waals surface area contributed by atoms with Gasteiger partial charge in [-0.25, -0.2) is 4.79 Å². The van der Waals surface area contributed by atoms with Crippen molar-refractivity contribution in [1.29, 1.82) is 0 Å². The Morgan fingerprint density at radius 3 is 2.06 bits per heavy atom. The Labute approximate surface area is 208 Å². The van der Waals surface area contributed by atoms with E-state index in [0.29, 0.717) is 4.88 Å². The van der Waals surface area contributed by atoms with Crippen molar-refractivity contribution in [3.05, 3.63) is 56.2 Å². The number of carboxylic acids is 1. The van der Waals surface area contributed by atoms with Gasteiger partial charge in [-0.1, -0.05) is 48.8 Å². The van der Waals surface area contributed by atoms with E-state index in [2.05, 4.69) is 42.0 Å². The molecule has 0 aliphatic rings. The van der Waals surface area contributed by atoms with E-state index in [1.165, 1.54) is 23.2 Å². The third kappa shape index (κ3) is 7.14. The summed E-state index contributed by atoms with van der Waals surface area (Å²) in [7, 11) is 0. The topological polar surface area (TPSA) is 86.7 Å². The lowest BCUT2D eigenvalue weighted by Gasteiger charge is -2.40. The number of hydrogen-bond acceptors (Lipinski definition) is 4. The molecule has 180 valence electrons. The third-order valence-corrected chi connectivity index (χ3v) is 7.27. The molecule has 8 heteroatoms. The summed E-state index contributed by atoms with van der Waals surface area (Å²) in [4.78, 5) is 41.5. The maximum atomic E-state index is 13.7. The SMILES string of the molecule is C[C@H](C(=O)O)N(C(=O)[C@H](Cc1ccc(Br)cc1)NC(=O)c1ccc(C(C)(C)C)s1)C(C)(C)C. The number of carboxylic acid groups (broad SMARTS) is 1. The first kappa shape index (κ1) is 27.1. The summed E-state index contributed by atoms with van der Waals surface area (Å²) in [5.74, 6) is -1.87. The second-order valence-corrected chi connectivity index (χ2v) is 12.2. The molecule has 1 heterocycles. The summed E-state index contributed by atoms with van der Waals surface area (Å²) >= 11 is 4.80. The molecule has 0 aliphatic carbocycles. The Morgan fingerprint density at radius 2 is 1.61 bits per heavy atom. The molecule has 2 amide bonds. The number of thiophene rings is 1. The van der Waals surface area contributed by atoms with Gasteiger partial charge in [0.1, 0.15) is 12.1 Å². The third-order valence-electron chi connectivity index (χ3n) is 5.23. The van der Waals surface area contributed by atoms with Crippen LogP contribution in [0.4, 0.5) is 0 Å². The van der Waals surface area contributed by atoms with Gasteiger partial charge in [-0.3, -0.25) is 9.59 Å². The summed E-state index contributed by atoms with van der Waals surface area (Å²) in [6.07, 6.45) is 0.244. The molecule has 2 aromatic rings. The van der Waals surface area contributed by atoms with Crippen molar-refractivity contribution in [2.24, 2.45) is 0 Å². The minimum Gasteiger partial charge on any atom is -0.480 e. The molecular formula is C25H33BrN2O4S. The summed E-state index contributed by atoms with van der Waals surface area (Å²) in [6.45, 7) is 13.1. The summed E-state index contributed by atoms with van der Waals surface area (Å²) < 4.78 is 0.905. The first-order valence-electron chi connectivity index (χ1n) is 10.8. The van der Waals surface area contributed by atoms with Crippen LogP contribution in [0.3, 0.4) is 0 Å². The van der Waals surface area contributed by atoms with E-state index < -0.39 is 29.5 Å². The van der Waals surface area contributed by atoms with Crippen molar-refractivity contribution < 1.29 is 19.5 Å². The standard InChI is InChI=1S/C25H33BrN2O4S/c1-15(23(31)32)28(25(5,6)7)22(30)18(14-16-8-10-17(26)11-9-16)27-21(29)19-12-13-20(33-19)24(2,3)4/h8-13,15,18H,14H2,1-7H3,(H,27,29)(H,31,32)/t15-,18+/m1/s1. The van der Waals surface area contributed by atoms with Crippen LogP contribution >= 0.6 is 27.3 Å². The van der Waals surface area contributed by atoms with Gasteiger partial charge in [0.2, 0.25) is 5.91 Å². The van der Waals surface area contributed by atoms with Crippen LogP contribution in [0, 0.1) is 0 Å². The number of amides is 2. The summed E-state index contributed by atoms with van der Waals surface area (Å²) in [5.41, 5.74) is 0.0191. The molecule has 0 fully saturated rings. The Morgan fingerprint density at radius 1 is 1.03 bits per heavy atom. The molecule has 0 aliphatic heterocycles. The van der Waals surface area contributed by atoms with Gasteiger partial charge in [-0.05, 0) is 62.9 Å². The van der Waals surface area contributed by atoms with E-state index in [9.17, 15) is 19.5 Å². The highest BCUT2D eigenvalue weighted by Crippen LogP contribution is 2.29. The average Bonchev–Trinajstić information content (AvgIpc) is 3.18. The number of carbonyl (C=O) groups is 3. The number of hydrogen-bond donors (Lipinski definition) is 2. The normalized spacial score (nSPS) is 13.8. The lowest BCUT2D eigenvalue weighted by molar-refractivity contribution is -0.155. The van der Waals surface area contributed by atoms with Crippen LogP contribution in [0.5, 0.6) is 0 Å². The zero-order valence-electron chi connectivity index (χ0n) is 20.2. The number of halogens is 1. The summed E-state index contributed by atoms with van der Waals surface area (Å²) in [6, 6.07) is 9.23. The van der Waals surface area contributed by atoms with E-state index in [1.54, 1.807) is 26.8 Å². The largest absolute Gasteiger partial charge is 0.480 e. The second-order valence-electron chi connectivity index (χ2n) is 10.2. The first-order chi connectivity index (χ1) is 15.1. The van der Waals surface area contributed by atoms with Gasteiger partial charge in [0.05, 0.1) is 4.88 Å². The second kappa shape index (κ2) is 10.4. The minimum atomic E-state index is -1.10. The van der Waals surface area contributed by atoms with E-state index in [1.807, 2.05) is 30.3 Å². The molecule has 0 saturated carbocycles. The molecule has 0 unspecified atom stereocenters. The van der Waals surface area contributed by atoms with E-state index in [-0.39, 0.29) is 17.7 Å². The predicted molar refractivity (Wildman–Crippen MR) is 136 cm³/mol. The lowest BCUT2D eigenvalue weighted by atomic mass is 9.95. The van der Waals surface area contributed by atoms with Crippen molar-refractivity contribution >= 4 is 45.1 Å². The predicted octanol–water partition coefficient (Wildman–Crippen LogP) is 5.25. The van der Waals surface area contributed by atoms with Crippen LogP contribution in [-0.4, -0.2) is 45.4 Å². The molecule has 2 atom stereocenters. The monoisotopic (exact) mass is 536 g/mol. The first-order valence-corrected chi connectivity index (χ1v) is 12.4. The lowest BCUT2D eigenvalue weighted by Crippen LogP contribution is -2.60. The smallest absolute Gasteiger partial charge is 0.326 e. The minimum absolute atomic E-state index is 0.0875. The summed E-state index contributed by atoms with van der Waals surface area (Å²) in [5, 5.41) is 12.5. The van der Waals surface area contributed by atoms with Gasteiger partial charge < -0.3 is 15.3 Å². The fourth-order valence-corrected chi connectivity index (χ4v) is 4.76. The molecule has 2 N–H and O–H groups in total. The number of benzene rings is 1. The molecule has 33 heavy (non-hydrogen) atoms.